The van der Waals surface area contributed by atoms with Crippen LogP contribution in [0.1, 0.15) is 18.6 Å². The van der Waals surface area contributed by atoms with Gasteiger partial charge in [-0.1, -0.05) is 12.1 Å². The Morgan fingerprint density at radius 3 is 2.52 bits per heavy atom. The highest BCUT2D eigenvalue weighted by Crippen LogP contribution is 2.29. The van der Waals surface area contributed by atoms with Crippen molar-refractivity contribution in [1.29, 1.82) is 0 Å². The summed E-state index contributed by atoms with van der Waals surface area (Å²) in [6.07, 6.45) is 1.44. The second-order valence-electron chi connectivity index (χ2n) is 6.93. The molecule has 2 unspecified atom stereocenters. The molecule has 4 aromatic rings. The first-order chi connectivity index (χ1) is 14.0. The first-order valence-corrected chi connectivity index (χ1v) is 9.35. The Bertz CT molecular complexity index is 1120. The fraction of sp³-hybridized carbons (Fsp3) is 0.174. The van der Waals surface area contributed by atoms with Gasteiger partial charge in [-0.15, -0.1) is 0 Å². The van der Waals surface area contributed by atoms with E-state index in [1.165, 1.54) is 12.1 Å². The van der Waals surface area contributed by atoms with Crippen LogP contribution < -0.4 is 15.2 Å². The lowest BCUT2D eigenvalue weighted by atomic mass is 10.0. The second kappa shape index (κ2) is 7.93. The standard InChI is InChI=1S/C23H22FN3O2/c1-15(25)23(16-4-3-5-20(12-16)28-2)29-21-10-11-22-17(13-21)14-26-27(22)19-8-6-18(24)7-9-19/h3-15,23H,25H2,1-2H3. The minimum Gasteiger partial charge on any atom is -0.497 e. The Morgan fingerprint density at radius 1 is 1.00 bits per heavy atom. The van der Waals surface area contributed by atoms with Gasteiger partial charge in [-0.3, -0.25) is 0 Å². The molecule has 0 spiro atoms. The van der Waals surface area contributed by atoms with Gasteiger partial charge in [0.15, 0.2) is 0 Å². The minimum atomic E-state index is -0.324. The number of nitrogens with zero attached hydrogens (tertiary/aromatic N) is 2. The van der Waals surface area contributed by atoms with Gasteiger partial charge >= 0.3 is 0 Å². The Hall–Kier alpha value is -3.38. The lowest BCUT2D eigenvalue weighted by Gasteiger charge is -2.23. The van der Waals surface area contributed by atoms with Crippen LogP contribution in [0.4, 0.5) is 4.39 Å². The van der Waals surface area contributed by atoms with Crippen molar-refractivity contribution in [2.45, 2.75) is 19.1 Å². The van der Waals surface area contributed by atoms with Crippen LogP contribution in [0.3, 0.4) is 0 Å². The van der Waals surface area contributed by atoms with Gasteiger partial charge in [-0.05, 0) is 67.1 Å². The Morgan fingerprint density at radius 2 is 1.79 bits per heavy atom. The van der Waals surface area contributed by atoms with Gasteiger partial charge in [-0.2, -0.15) is 5.10 Å². The third-order valence-electron chi connectivity index (χ3n) is 4.77. The average molecular weight is 391 g/mol. The zero-order chi connectivity index (χ0) is 20.4. The van der Waals surface area contributed by atoms with E-state index >= 15 is 0 Å². The van der Waals surface area contributed by atoms with Crippen molar-refractivity contribution in [3.05, 3.63) is 84.3 Å². The quantitative estimate of drug-likeness (QED) is 0.520. The molecule has 148 valence electrons. The molecule has 4 rings (SSSR count). The second-order valence-corrected chi connectivity index (χ2v) is 6.93. The summed E-state index contributed by atoms with van der Waals surface area (Å²) in [5.74, 6) is 1.18. The molecule has 29 heavy (non-hydrogen) atoms. The average Bonchev–Trinajstić information content (AvgIpc) is 3.15. The van der Waals surface area contributed by atoms with E-state index in [9.17, 15) is 4.39 Å². The smallest absolute Gasteiger partial charge is 0.139 e. The minimum absolute atomic E-state index is 0.222. The summed E-state index contributed by atoms with van der Waals surface area (Å²) in [7, 11) is 1.63. The monoisotopic (exact) mass is 391 g/mol. The SMILES string of the molecule is COc1cccc(C(Oc2ccc3c(cnn3-c3ccc(F)cc3)c2)C(C)N)c1. The van der Waals surface area contributed by atoms with E-state index in [0.29, 0.717) is 5.75 Å². The summed E-state index contributed by atoms with van der Waals surface area (Å²) in [4.78, 5) is 0. The number of nitrogens with two attached hydrogens (primary N) is 1. The highest BCUT2D eigenvalue weighted by molar-refractivity contribution is 5.81. The molecular weight excluding hydrogens is 369 g/mol. The Balaban J connectivity index is 1.64. The molecule has 0 aliphatic heterocycles. The summed E-state index contributed by atoms with van der Waals surface area (Å²) in [5.41, 5.74) is 8.84. The van der Waals surface area contributed by atoms with Crippen LogP contribution in [-0.4, -0.2) is 22.9 Å². The molecule has 0 aliphatic rings. The number of aromatic nitrogens is 2. The number of halogens is 1. The van der Waals surface area contributed by atoms with E-state index in [1.54, 1.807) is 30.1 Å². The summed E-state index contributed by atoms with van der Waals surface area (Å²) >= 11 is 0. The van der Waals surface area contributed by atoms with Gasteiger partial charge in [0.1, 0.15) is 23.4 Å². The molecule has 0 saturated carbocycles. The number of hydrogen-bond donors (Lipinski definition) is 1. The van der Waals surface area contributed by atoms with E-state index < -0.39 is 0 Å². The lowest BCUT2D eigenvalue weighted by molar-refractivity contribution is 0.180. The molecule has 0 bridgehead atoms. The van der Waals surface area contributed by atoms with Crippen molar-refractivity contribution in [2.24, 2.45) is 5.73 Å². The number of methoxy groups -OCH3 is 1. The molecular formula is C23H22FN3O2. The number of hydrogen-bond acceptors (Lipinski definition) is 4. The van der Waals surface area contributed by atoms with Crippen LogP contribution in [0.2, 0.25) is 0 Å². The first kappa shape index (κ1) is 19.0. The molecule has 1 heterocycles. The summed E-state index contributed by atoms with van der Waals surface area (Å²) < 4.78 is 26.5. The number of fused-ring (bicyclic) bond motifs is 1. The number of rotatable bonds is 6. The van der Waals surface area contributed by atoms with E-state index in [-0.39, 0.29) is 18.0 Å². The van der Waals surface area contributed by atoms with Gasteiger partial charge in [0.2, 0.25) is 0 Å². The molecule has 5 nitrogen and oxygen atoms in total. The molecule has 0 fully saturated rings. The maximum absolute atomic E-state index is 13.2. The lowest BCUT2D eigenvalue weighted by Crippen LogP contribution is -2.29. The van der Waals surface area contributed by atoms with Crippen molar-refractivity contribution < 1.29 is 13.9 Å². The fourth-order valence-corrected chi connectivity index (χ4v) is 3.32. The third-order valence-corrected chi connectivity index (χ3v) is 4.77. The van der Waals surface area contributed by atoms with Gasteiger partial charge in [0.25, 0.3) is 0 Å². The van der Waals surface area contributed by atoms with E-state index in [0.717, 1.165) is 27.9 Å². The van der Waals surface area contributed by atoms with Crippen LogP contribution in [0.5, 0.6) is 11.5 Å². The summed E-state index contributed by atoms with van der Waals surface area (Å²) in [5, 5.41) is 5.35. The van der Waals surface area contributed by atoms with Crippen LogP contribution in [0.25, 0.3) is 16.6 Å². The van der Waals surface area contributed by atoms with Crippen molar-refractivity contribution in [2.75, 3.05) is 7.11 Å². The van der Waals surface area contributed by atoms with E-state index in [2.05, 4.69) is 5.10 Å². The maximum atomic E-state index is 13.2. The van der Waals surface area contributed by atoms with Crippen LogP contribution >= 0.6 is 0 Å². The predicted octanol–water partition coefficient (Wildman–Crippen LogP) is 4.64. The Kier molecular flexibility index (Phi) is 5.18. The Labute approximate surface area is 168 Å². The summed E-state index contributed by atoms with van der Waals surface area (Å²) in [6.45, 7) is 1.91. The van der Waals surface area contributed by atoms with Crippen molar-refractivity contribution in [1.82, 2.24) is 9.78 Å². The third kappa shape index (κ3) is 3.93. The normalized spacial score (nSPS) is 13.2. The zero-order valence-electron chi connectivity index (χ0n) is 16.2. The molecule has 2 N–H and O–H groups in total. The molecule has 0 radical (unpaired) electrons. The van der Waals surface area contributed by atoms with Crippen molar-refractivity contribution >= 4 is 10.9 Å². The highest BCUT2D eigenvalue weighted by Gasteiger charge is 2.19. The number of ether oxygens (including phenoxy) is 2. The van der Waals surface area contributed by atoms with Crippen LogP contribution in [0.15, 0.2) is 72.9 Å². The molecule has 2 atom stereocenters. The first-order valence-electron chi connectivity index (χ1n) is 9.35. The molecule has 6 heteroatoms. The molecule has 0 saturated heterocycles. The van der Waals surface area contributed by atoms with Crippen molar-refractivity contribution in [3.63, 3.8) is 0 Å². The molecule has 3 aromatic carbocycles. The van der Waals surface area contributed by atoms with Gasteiger partial charge in [-0.25, -0.2) is 9.07 Å². The van der Waals surface area contributed by atoms with E-state index in [4.69, 9.17) is 15.2 Å². The predicted molar refractivity (Wildman–Crippen MR) is 111 cm³/mol. The molecule has 1 aromatic heterocycles. The van der Waals surface area contributed by atoms with Crippen molar-refractivity contribution in [3.8, 4) is 17.2 Å². The highest BCUT2D eigenvalue weighted by atomic mass is 19.1. The zero-order valence-corrected chi connectivity index (χ0v) is 16.2. The largest absolute Gasteiger partial charge is 0.497 e. The number of benzene rings is 3. The van der Waals surface area contributed by atoms with Crippen LogP contribution in [-0.2, 0) is 0 Å². The van der Waals surface area contributed by atoms with Gasteiger partial charge in [0, 0.05) is 11.4 Å². The van der Waals surface area contributed by atoms with Gasteiger partial charge in [0.05, 0.1) is 24.5 Å². The van der Waals surface area contributed by atoms with Crippen LogP contribution in [0, 0.1) is 5.82 Å². The molecule has 0 aliphatic carbocycles. The molecule has 0 amide bonds. The van der Waals surface area contributed by atoms with Gasteiger partial charge < -0.3 is 15.2 Å². The fourth-order valence-electron chi connectivity index (χ4n) is 3.32. The van der Waals surface area contributed by atoms with E-state index in [1.807, 2.05) is 49.4 Å². The maximum Gasteiger partial charge on any atom is 0.139 e. The summed E-state index contributed by atoms with van der Waals surface area (Å²) in [6, 6.07) is 19.5. The topological polar surface area (TPSA) is 62.3 Å².